The number of piperidine rings is 1. The fourth-order valence-corrected chi connectivity index (χ4v) is 7.19. The number of hydrogen-bond acceptors (Lipinski definition) is 4. The zero-order chi connectivity index (χ0) is 25.3. The van der Waals surface area contributed by atoms with Crippen LogP contribution in [0.1, 0.15) is 52.7 Å². The summed E-state index contributed by atoms with van der Waals surface area (Å²) in [6.45, 7) is 5.03. The van der Waals surface area contributed by atoms with Gasteiger partial charge in [-0.25, -0.2) is 0 Å². The summed E-state index contributed by atoms with van der Waals surface area (Å²) in [5.74, 6) is -0.187. The highest BCUT2D eigenvalue weighted by molar-refractivity contribution is 7.86. The molecule has 3 heterocycles. The second kappa shape index (κ2) is 10.3. The minimum absolute atomic E-state index is 0.0107. The van der Waals surface area contributed by atoms with Gasteiger partial charge in [0.25, 0.3) is 16.1 Å². The molecule has 0 atom stereocenters. The predicted molar refractivity (Wildman–Crippen MR) is 139 cm³/mol. The van der Waals surface area contributed by atoms with Crippen LogP contribution in [0.5, 0.6) is 0 Å². The second-order valence-electron chi connectivity index (χ2n) is 10.0. The van der Waals surface area contributed by atoms with E-state index in [0.29, 0.717) is 57.7 Å². The average molecular weight is 511 g/mol. The number of anilines is 1. The van der Waals surface area contributed by atoms with Crippen LogP contribution < -0.4 is 10.2 Å². The van der Waals surface area contributed by atoms with E-state index in [1.807, 2.05) is 48.2 Å². The van der Waals surface area contributed by atoms with Gasteiger partial charge < -0.3 is 10.2 Å². The zero-order valence-electron chi connectivity index (χ0n) is 20.8. The standard InChI is InChI=1S/C27H34N4O4S/c1-20-5-4-6-24(17-20)27(33)31-16-11-23-18-21(7-8-25(23)31)19-28-26(32)22-9-14-30(15-10-22)36(34,35)29-12-2-3-13-29/h4-8,17-18,22H,2-3,9-16,19H2,1H3,(H,28,32). The van der Waals surface area contributed by atoms with Gasteiger partial charge in [0.2, 0.25) is 5.91 Å². The number of hydrogen-bond donors (Lipinski definition) is 1. The lowest BCUT2D eigenvalue weighted by Crippen LogP contribution is -2.48. The summed E-state index contributed by atoms with van der Waals surface area (Å²) < 4.78 is 28.6. The quantitative estimate of drug-likeness (QED) is 0.647. The topological polar surface area (TPSA) is 90.0 Å². The lowest BCUT2D eigenvalue weighted by molar-refractivity contribution is -0.126. The Kier molecular flexibility index (Phi) is 7.14. The molecule has 3 aliphatic heterocycles. The van der Waals surface area contributed by atoms with Gasteiger partial charge in [-0.15, -0.1) is 0 Å². The lowest BCUT2D eigenvalue weighted by Gasteiger charge is -2.33. The first-order valence-corrected chi connectivity index (χ1v) is 14.3. The van der Waals surface area contributed by atoms with Crippen molar-refractivity contribution in [1.29, 1.82) is 0 Å². The van der Waals surface area contributed by atoms with E-state index in [-0.39, 0.29) is 17.7 Å². The first kappa shape index (κ1) is 24.9. The summed E-state index contributed by atoms with van der Waals surface area (Å²) in [6, 6.07) is 13.7. The van der Waals surface area contributed by atoms with Gasteiger partial charge >= 0.3 is 0 Å². The molecule has 2 aromatic rings. The van der Waals surface area contributed by atoms with Crippen LogP contribution in [0.2, 0.25) is 0 Å². The van der Waals surface area contributed by atoms with Crippen molar-refractivity contribution in [2.45, 2.75) is 45.6 Å². The van der Waals surface area contributed by atoms with Gasteiger partial charge in [-0.3, -0.25) is 9.59 Å². The molecule has 2 fully saturated rings. The summed E-state index contributed by atoms with van der Waals surface area (Å²) in [7, 11) is -3.40. The minimum Gasteiger partial charge on any atom is -0.352 e. The average Bonchev–Trinajstić information content (AvgIpc) is 3.58. The molecule has 1 N–H and O–H groups in total. The third-order valence-corrected chi connectivity index (χ3v) is 9.59. The molecule has 0 aliphatic carbocycles. The van der Waals surface area contributed by atoms with Crippen LogP contribution in [-0.2, 0) is 28.0 Å². The van der Waals surface area contributed by atoms with E-state index in [2.05, 4.69) is 11.4 Å². The second-order valence-corrected chi connectivity index (χ2v) is 12.0. The van der Waals surface area contributed by atoms with Crippen molar-refractivity contribution in [1.82, 2.24) is 13.9 Å². The highest BCUT2D eigenvalue weighted by Gasteiger charge is 2.35. The Balaban J connectivity index is 1.14. The van der Waals surface area contributed by atoms with E-state index in [1.165, 1.54) is 4.31 Å². The molecule has 3 aliphatic rings. The number of aryl methyl sites for hydroxylation is 1. The van der Waals surface area contributed by atoms with Crippen LogP contribution in [0.3, 0.4) is 0 Å². The smallest absolute Gasteiger partial charge is 0.281 e. The molecule has 0 unspecified atom stereocenters. The molecule has 9 heteroatoms. The van der Waals surface area contributed by atoms with Crippen molar-refractivity contribution in [3.63, 3.8) is 0 Å². The summed E-state index contributed by atoms with van der Waals surface area (Å²) in [5, 5.41) is 3.04. The molecule has 8 nitrogen and oxygen atoms in total. The highest BCUT2D eigenvalue weighted by atomic mass is 32.2. The molecule has 192 valence electrons. The number of fused-ring (bicyclic) bond motifs is 1. The van der Waals surface area contributed by atoms with Crippen molar-refractivity contribution in [3.05, 3.63) is 64.7 Å². The first-order chi connectivity index (χ1) is 17.3. The molecule has 0 bridgehead atoms. The Morgan fingerprint density at radius 2 is 1.67 bits per heavy atom. The normalized spacial score (nSPS) is 19.4. The number of amides is 2. The van der Waals surface area contributed by atoms with Gasteiger partial charge in [0.1, 0.15) is 0 Å². The number of benzene rings is 2. The lowest BCUT2D eigenvalue weighted by atomic mass is 9.97. The van der Waals surface area contributed by atoms with E-state index in [9.17, 15) is 18.0 Å². The van der Waals surface area contributed by atoms with E-state index in [0.717, 1.165) is 41.6 Å². The molecule has 0 aromatic heterocycles. The number of rotatable bonds is 6. The maximum atomic E-state index is 13.0. The van der Waals surface area contributed by atoms with Gasteiger partial charge in [-0.05, 0) is 68.4 Å². The first-order valence-electron chi connectivity index (χ1n) is 12.9. The van der Waals surface area contributed by atoms with Gasteiger partial charge in [0.15, 0.2) is 0 Å². The molecule has 0 radical (unpaired) electrons. The van der Waals surface area contributed by atoms with Crippen LogP contribution in [0.25, 0.3) is 0 Å². The van der Waals surface area contributed by atoms with Gasteiger partial charge in [-0.1, -0.05) is 29.8 Å². The van der Waals surface area contributed by atoms with Crippen molar-refractivity contribution in [3.8, 4) is 0 Å². The van der Waals surface area contributed by atoms with Gasteiger partial charge in [-0.2, -0.15) is 17.0 Å². The maximum Gasteiger partial charge on any atom is 0.281 e. The Hall–Kier alpha value is -2.75. The Morgan fingerprint density at radius 1 is 0.944 bits per heavy atom. The van der Waals surface area contributed by atoms with E-state index < -0.39 is 10.2 Å². The molecular weight excluding hydrogens is 476 g/mol. The molecule has 2 aromatic carbocycles. The fourth-order valence-electron chi connectivity index (χ4n) is 5.47. The van der Waals surface area contributed by atoms with Crippen molar-refractivity contribution < 1.29 is 18.0 Å². The maximum absolute atomic E-state index is 13.0. The predicted octanol–water partition coefficient (Wildman–Crippen LogP) is 2.87. The molecule has 0 saturated carbocycles. The summed E-state index contributed by atoms with van der Waals surface area (Å²) in [4.78, 5) is 27.7. The highest BCUT2D eigenvalue weighted by Crippen LogP contribution is 2.30. The third kappa shape index (κ3) is 5.05. The van der Waals surface area contributed by atoms with Crippen LogP contribution >= 0.6 is 0 Å². The Labute approximate surface area is 213 Å². The SMILES string of the molecule is Cc1cccc(C(=O)N2CCc3cc(CNC(=O)C4CCN(S(=O)(=O)N5CCCC5)CC4)ccc32)c1. The van der Waals surface area contributed by atoms with Crippen molar-refractivity contribution >= 4 is 27.7 Å². The largest absolute Gasteiger partial charge is 0.352 e. The van der Waals surface area contributed by atoms with Crippen LogP contribution in [-0.4, -0.2) is 61.6 Å². The molecule has 36 heavy (non-hydrogen) atoms. The van der Waals surface area contributed by atoms with Gasteiger partial charge in [0, 0.05) is 56.4 Å². The van der Waals surface area contributed by atoms with Crippen LogP contribution in [0, 0.1) is 12.8 Å². The number of carbonyl (C=O) groups excluding carboxylic acids is 2. The summed E-state index contributed by atoms with van der Waals surface area (Å²) in [6.07, 6.45) is 3.71. The molecule has 2 amide bonds. The summed E-state index contributed by atoms with van der Waals surface area (Å²) in [5.41, 5.74) is 4.80. The summed E-state index contributed by atoms with van der Waals surface area (Å²) >= 11 is 0. The number of nitrogens with zero attached hydrogens (tertiary/aromatic N) is 3. The Morgan fingerprint density at radius 3 is 2.39 bits per heavy atom. The van der Waals surface area contributed by atoms with Crippen molar-refractivity contribution in [2.75, 3.05) is 37.6 Å². The van der Waals surface area contributed by atoms with E-state index in [1.54, 1.807) is 4.31 Å². The molecule has 2 saturated heterocycles. The monoisotopic (exact) mass is 510 g/mol. The third-order valence-electron chi connectivity index (χ3n) is 7.56. The van der Waals surface area contributed by atoms with E-state index >= 15 is 0 Å². The van der Waals surface area contributed by atoms with Crippen molar-refractivity contribution in [2.24, 2.45) is 5.92 Å². The molecule has 0 spiro atoms. The van der Waals surface area contributed by atoms with Gasteiger partial charge in [0.05, 0.1) is 0 Å². The van der Waals surface area contributed by atoms with E-state index in [4.69, 9.17) is 0 Å². The molecule has 5 rings (SSSR count). The zero-order valence-corrected chi connectivity index (χ0v) is 21.6. The van der Waals surface area contributed by atoms with Crippen LogP contribution in [0.15, 0.2) is 42.5 Å². The number of carbonyl (C=O) groups is 2. The fraction of sp³-hybridized carbons (Fsp3) is 0.481. The molecular formula is C27H34N4O4S. The number of nitrogens with one attached hydrogen (secondary N) is 1. The van der Waals surface area contributed by atoms with Crippen LogP contribution in [0.4, 0.5) is 5.69 Å². The Bertz CT molecular complexity index is 1250. The minimum atomic E-state index is -3.40.